The average Bonchev–Trinajstić information content (AvgIpc) is 2.66. The molecule has 1 unspecified atom stereocenters. The largest absolute Gasteiger partial charge is 0.460 e. The molecular formula is C22H30ClNO2. The third-order valence-corrected chi connectivity index (χ3v) is 4.83. The summed E-state index contributed by atoms with van der Waals surface area (Å²) in [7, 11) is 0. The van der Waals surface area contributed by atoms with E-state index in [1.165, 1.54) is 0 Å². The molecule has 4 heteroatoms. The van der Waals surface area contributed by atoms with Crippen LogP contribution in [0.15, 0.2) is 60.7 Å². The summed E-state index contributed by atoms with van der Waals surface area (Å²) in [5, 5.41) is 0. The lowest BCUT2D eigenvalue weighted by molar-refractivity contribution is -0.153. The molecule has 0 aromatic heterocycles. The monoisotopic (exact) mass is 375 g/mol. The van der Waals surface area contributed by atoms with E-state index in [0.717, 1.165) is 30.8 Å². The Morgan fingerprint density at radius 1 is 0.962 bits per heavy atom. The Labute approximate surface area is 163 Å². The van der Waals surface area contributed by atoms with Gasteiger partial charge in [0.2, 0.25) is 0 Å². The standard InChI is InChI=1S/C22H29NO2.ClH/c1-5-23(6-2)17-18(3)25-21(24)22(4,19-13-9-7-10-14-19)20-15-11-8-12-16-20;/h7-16,18H,5-6,17H2,1-4H3;1H. The molecular weight excluding hydrogens is 346 g/mol. The van der Waals surface area contributed by atoms with Crippen LogP contribution in [-0.2, 0) is 14.9 Å². The van der Waals surface area contributed by atoms with Crippen LogP contribution in [0.4, 0.5) is 0 Å². The summed E-state index contributed by atoms with van der Waals surface area (Å²) in [4.78, 5) is 15.5. The van der Waals surface area contributed by atoms with Crippen LogP contribution in [0.25, 0.3) is 0 Å². The molecule has 0 fully saturated rings. The number of nitrogens with zero attached hydrogens (tertiary/aromatic N) is 1. The van der Waals surface area contributed by atoms with Crippen LogP contribution in [0.2, 0.25) is 0 Å². The number of ether oxygens (including phenoxy) is 1. The summed E-state index contributed by atoms with van der Waals surface area (Å²) >= 11 is 0. The normalized spacial score (nSPS) is 12.3. The van der Waals surface area contributed by atoms with Crippen LogP contribution in [0.1, 0.15) is 38.8 Å². The first-order chi connectivity index (χ1) is 12.0. The highest BCUT2D eigenvalue weighted by Crippen LogP contribution is 2.33. The van der Waals surface area contributed by atoms with Gasteiger partial charge in [0.05, 0.1) is 0 Å². The van der Waals surface area contributed by atoms with Gasteiger partial charge in [0.15, 0.2) is 0 Å². The highest BCUT2D eigenvalue weighted by molar-refractivity contribution is 5.87. The number of carbonyl (C=O) groups is 1. The fourth-order valence-electron chi connectivity index (χ4n) is 3.13. The van der Waals surface area contributed by atoms with Gasteiger partial charge in [-0.05, 0) is 38.1 Å². The third-order valence-electron chi connectivity index (χ3n) is 4.83. The van der Waals surface area contributed by atoms with Gasteiger partial charge in [0, 0.05) is 6.54 Å². The van der Waals surface area contributed by atoms with E-state index in [1.54, 1.807) is 0 Å². The quantitative estimate of drug-likeness (QED) is 0.627. The molecule has 0 radical (unpaired) electrons. The zero-order valence-electron chi connectivity index (χ0n) is 16.1. The molecule has 0 saturated heterocycles. The highest BCUT2D eigenvalue weighted by atomic mass is 35.5. The lowest BCUT2D eigenvalue weighted by atomic mass is 9.76. The van der Waals surface area contributed by atoms with Crippen LogP contribution in [0.3, 0.4) is 0 Å². The van der Waals surface area contributed by atoms with Crippen molar-refractivity contribution in [3.8, 4) is 0 Å². The second kappa shape index (κ2) is 10.3. The molecule has 0 aliphatic rings. The van der Waals surface area contributed by atoms with Gasteiger partial charge < -0.3 is 9.64 Å². The van der Waals surface area contributed by atoms with E-state index in [0.29, 0.717) is 0 Å². The van der Waals surface area contributed by atoms with E-state index < -0.39 is 5.41 Å². The first-order valence-corrected chi connectivity index (χ1v) is 9.06. The van der Waals surface area contributed by atoms with Gasteiger partial charge in [-0.2, -0.15) is 0 Å². The Balaban J connectivity index is 0.00000338. The van der Waals surface area contributed by atoms with Gasteiger partial charge in [-0.25, -0.2) is 0 Å². The van der Waals surface area contributed by atoms with Crippen molar-refractivity contribution in [2.24, 2.45) is 0 Å². The summed E-state index contributed by atoms with van der Waals surface area (Å²) in [6, 6.07) is 19.7. The number of rotatable bonds is 8. The van der Waals surface area contributed by atoms with Gasteiger partial charge >= 0.3 is 5.97 Å². The number of hydrogen-bond donors (Lipinski definition) is 0. The van der Waals surface area contributed by atoms with Crippen molar-refractivity contribution < 1.29 is 9.53 Å². The number of benzene rings is 2. The first-order valence-electron chi connectivity index (χ1n) is 9.06. The number of carbonyl (C=O) groups excluding carboxylic acids is 1. The summed E-state index contributed by atoms with van der Waals surface area (Å²) in [5.41, 5.74) is 1.07. The first kappa shape index (κ1) is 22.2. The van der Waals surface area contributed by atoms with Crippen molar-refractivity contribution in [3.05, 3.63) is 71.8 Å². The minimum absolute atomic E-state index is 0. The van der Waals surface area contributed by atoms with Gasteiger partial charge in [-0.3, -0.25) is 4.79 Å². The molecule has 142 valence electrons. The van der Waals surface area contributed by atoms with Gasteiger partial charge in [-0.15, -0.1) is 12.4 Å². The van der Waals surface area contributed by atoms with Crippen LogP contribution in [0, 0.1) is 0 Å². The maximum absolute atomic E-state index is 13.2. The molecule has 26 heavy (non-hydrogen) atoms. The van der Waals surface area contributed by atoms with E-state index in [4.69, 9.17) is 4.74 Å². The van der Waals surface area contributed by atoms with Gasteiger partial charge in [0.1, 0.15) is 11.5 Å². The van der Waals surface area contributed by atoms with E-state index in [1.807, 2.05) is 74.5 Å². The average molecular weight is 376 g/mol. The van der Waals surface area contributed by atoms with Gasteiger partial charge in [-0.1, -0.05) is 74.5 Å². The maximum atomic E-state index is 13.2. The smallest absolute Gasteiger partial charge is 0.321 e. The molecule has 2 aromatic rings. The van der Waals surface area contributed by atoms with E-state index >= 15 is 0 Å². The molecule has 0 spiro atoms. The van der Waals surface area contributed by atoms with Crippen LogP contribution in [0.5, 0.6) is 0 Å². The Morgan fingerprint density at radius 3 is 1.77 bits per heavy atom. The zero-order valence-corrected chi connectivity index (χ0v) is 17.0. The Hall–Kier alpha value is -1.84. The Morgan fingerprint density at radius 2 is 1.38 bits per heavy atom. The van der Waals surface area contributed by atoms with E-state index in [2.05, 4.69) is 18.7 Å². The maximum Gasteiger partial charge on any atom is 0.321 e. The van der Waals surface area contributed by atoms with Gasteiger partial charge in [0.25, 0.3) is 0 Å². The molecule has 0 aliphatic heterocycles. The number of halogens is 1. The SMILES string of the molecule is CCN(CC)CC(C)OC(=O)C(C)(c1ccccc1)c1ccccc1.Cl. The fourth-order valence-corrected chi connectivity index (χ4v) is 3.13. The van der Waals surface area contributed by atoms with Crippen molar-refractivity contribution >= 4 is 18.4 Å². The summed E-state index contributed by atoms with van der Waals surface area (Å²) < 4.78 is 5.88. The number of hydrogen-bond acceptors (Lipinski definition) is 3. The van der Waals surface area contributed by atoms with Crippen molar-refractivity contribution in [2.45, 2.75) is 39.2 Å². The number of esters is 1. The van der Waals surface area contributed by atoms with Crippen LogP contribution < -0.4 is 0 Å². The van der Waals surface area contributed by atoms with Crippen LogP contribution in [-0.4, -0.2) is 36.6 Å². The van der Waals surface area contributed by atoms with E-state index in [9.17, 15) is 4.79 Å². The number of likely N-dealkylation sites (N-methyl/N-ethyl adjacent to an activating group) is 1. The second-order valence-corrected chi connectivity index (χ2v) is 6.56. The minimum atomic E-state index is -0.819. The fraction of sp³-hybridized carbons (Fsp3) is 0.409. The topological polar surface area (TPSA) is 29.5 Å². The predicted molar refractivity (Wildman–Crippen MR) is 110 cm³/mol. The molecule has 0 N–H and O–H groups in total. The predicted octanol–water partition coefficient (Wildman–Crippen LogP) is 4.69. The molecule has 0 amide bonds. The van der Waals surface area contributed by atoms with E-state index in [-0.39, 0.29) is 24.5 Å². The zero-order chi connectivity index (χ0) is 18.3. The molecule has 1 atom stereocenters. The van der Waals surface area contributed by atoms with Crippen molar-refractivity contribution in [3.63, 3.8) is 0 Å². The lowest BCUT2D eigenvalue weighted by Crippen LogP contribution is -2.40. The summed E-state index contributed by atoms with van der Waals surface area (Å²) in [6.07, 6.45) is -0.154. The molecule has 2 aromatic carbocycles. The Kier molecular flexibility index (Phi) is 8.83. The Bertz CT molecular complexity index is 617. The molecule has 0 heterocycles. The molecule has 0 saturated carbocycles. The summed E-state index contributed by atoms with van der Waals surface area (Å²) in [5.74, 6) is -0.204. The van der Waals surface area contributed by atoms with Crippen molar-refractivity contribution in [2.75, 3.05) is 19.6 Å². The van der Waals surface area contributed by atoms with Crippen molar-refractivity contribution in [1.82, 2.24) is 4.90 Å². The molecule has 0 bridgehead atoms. The third kappa shape index (κ3) is 5.09. The molecule has 2 rings (SSSR count). The minimum Gasteiger partial charge on any atom is -0.460 e. The summed E-state index contributed by atoms with van der Waals surface area (Å²) in [6.45, 7) is 10.8. The molecule has 3 nitrogen and oxygen atoms in total. The highest BCUT2D eigenvalue weighted by Gasteiger charge is 2.39. The van der Waals surface area contributed by atoms with Crippen LogP contribution >= 0.6 is 12.4 Å². The lowest BCUT2D eigenvalue weighted by Gasteiger charge is -2.31. The second-order valence-electron chi connectivity index (χ2n) is 6.56. The molecule has 0 aliphatic carbocycles. The van der Waals surface area contributed by atoms with Crippen molar-refractivity contribution in [1.29, 1.82) is 0 Å².